The molecule has 1 aliphatic rings. The molecule has 1 aromatic heterocycles. The van der Waals surface area contributed by atoms with Crippen LogP contribution in [-0.2, 0) is 6.18 Å². The van der Waals surface area contributed by atoms with Crippen molar-refractivity contribution in [3.63, 3.8) is 0 Å². The number of pyridine rings is 1. The van der Waals surface area contributed by atoms with E-state index >= 15 is 0 Å². The molecule has 6 heteroatoms. The number of amides is 1. The minimum Gasteiger partial charge on any atom is -0.349 e. The van der Waals surface area contributed by atoms with Crippen LogP contribution in [0.3, 0.4) is 0 Å². The Morgan fingerprint density at radius 1 is 1.25 bits per heavy atom. The first kappa shape index (κ1) is 14.8. The van der Waals surface area contributed by atoms with E-state index in [1.807, 2.05) is 0 Å². The second kappa shape index (κ2) is 5.81. The summed E-state index contributed by atoms with van der Waals surface area (Å²) in [7, 11) is 0. The van der Waals surface area contributed by atoms with Gasteiger partial charge in [-0.05, 0) is 31.9 Å². The first-order chi connectivity index (χ1) is 9.38. The van der Waals surface area contributed by atoms with Gasteiger partial charge in [0.25, 0.3) is 5.91 Å². The largest absolute Gasteiger partial charge is 0.433 e. The average molecular weight is 286 g/mol. The second-order valence-electron chi connectivity index (χ2n) is 5.14. The molecule has 0 bridgehead atoms. The molecule has 1 saturated carbocycles. The van der Waals surface area contributed by atoms with E-state index in [2.05, 4.69) is 10.3 Å². The van der Waals surface area contributed by atoms with Crippen LogP contribution < -0.4 is 5.32 Å². The monoisotopic (exact) mass is 286 g/mol. The Bertz CT molecular complexity index is 494. The van der Waals surface area contributed by atoms with Gasteiger partial charge in [-0.1, -0.05) is 19.3 Å². The molecule has 0 unspecified atom stereocenters. The van der Waals surface area contributed by atoms with Gasteiger partial charge in [-0.3, -0.25) is 4.79 Å². The molecule has 1 aliphatic carbocycles. The maximum absolute atomic E-state index is 12.5. The van der Waals surface area contributed by atoms with Crippen LogP contribution in [0.5, 0.6) is 0 Å². The lowest BCUT2D eigenvalue weighted by atomic mass is 9.95. The molecule has 1 fully saturated rings. The molecule has 0 aromatic carbocycles. The zero-order valence-electron chi connectivity index (χ0n) is 11.3. The smallest absolute Gasteiger partial charge is 0.349 e. The minimum absolute atomic E-state index is 0.105. The lowest BCUT2D eigenvalue weighted by molar-refractivity contribution is -0.141. The Morgan fingerprint density at radius 3 is 2.45 bits per heavy atom. The van der Waals surface area contributed by atoms with Gasteiger partial charge in [0.05, 0.1) is 11.3 Å². The highest BCUT2D eigenvalue weighted by Gasteiger charge is 2.33. The van der Waals surface area contributed by atoms with Crippen molar-refractivity contribution >= 4 is 5.91 Å². The number of hydrogen-bond donors (Lipinski definition) is 1. The van der Waals surface area contributed by atoms with Crippen LogP contribution >= 0.6 is 0 Å². The Hall–Kier alpha value is -1.59. The average Bonchev–Trinajstić information content (AvgIpc) is 2.38. The number of halogens is 3. The summed E-state index contributed by atoms with van der Waals surface area (Å²) < 4.78 is 37.5. The van der Waals surface area contributed by atoms with Gasteiger partial charge < -0.3 is 5.32 Å². The molecule has 110 valence electrons. The quantitative estimate of drug-likeness (QED) is 0.904. The summed E-state index contributed by atoms with van der Waals surface area (Å²) in [6, 6.07) is 2.17. The highest BCUT2D eigenvalue weighted by Crippen LogP contribution is 2.28. The van der Waals surface area contributed by atoms with Gasteiger partial charge in [0.15, 0.2) is 0 Å². The number of carbonyl (C=O) groups is 1. The molecule has 1 heterocycles. The van der Waals surface area contributed by atoms with E-state index in [1.165, 1.54) is 19.4 Å². The number of nitrogens with zero attached hydrogens (tertiary/aromatic N) is 1. The van der Waals surface area contributed by atoms with Crippen LogP contribution in [0.1, 0.15) is 53.8 Å². The minimum atomic E-state index is -4.48. The van der Waals surface area contributed by atoms with Gasteiger partial charge in [0.2, 0.25) is 0 Å². The topological polar surface area (TPSA) is 42.0 Å². The van der Waals surface area contributed by atoms with Crippen LogP contribution in [0.15, 0.2) is 12.1 Å². The van der Waals surface area contributed by atoms with E-state index in [0.717, 1.165) is 31.7 Å². The van der Waals surface area contributed by atoms with Gasteiger partial charge in [0, 0.05) is 6.04 Å². The van der Waals surface area contributed by atoms with E-state index in [9.17, 15) is 18.0 Å². The lowest BCUT2D eigenvalue weighted by Gasteiger charge is -2.23. The van der Waals surface area contributed by atoms with E-state index in [0.29, 0.717) is 0 Å². The maximum atomic E-state index is 12.5. The second-order valence-corrected chi connectivity index (χ2v) is 5.14. The molecule has 0 spiro atoms. The van der Waals surface area contributed by atoms with Crippen LogP contribution in [-0.4, -0.2) is 16.9 Å². The summed E-state index contributed by atoms with van der Waals surface area (Å²) in [5, 5.41) is 2.87. The Balaban J connectivity index is 2.10. The van der Waals surface area contributed by atoms with Crippen molar-refractivity contribution < 1.29 is 18.0 Å². The molecule has 0 radical (unpaired) electrons. The fourth-order valence-corrected chi connectivity index (χ4v) is 2.47. The van der Waals surface area contributed by atoms with Crippen molar-refractivity contribution in [3.8, 4) is 0 Å². The summed E-state index contributed by atoms with van der Waals surface area (Å²) in [6.07, 6.45) is 0.707. The predicted octanol–water partition coefficient (Wildman–Crippen LogP) is 3.47. The molecule has 1 aromatic rings. The molecule has 1 amide bonds. The highest BCUT2D eigenvalue weighted by atomic mass is 19.4. The van der Waals surface area contributed by atoms with Crippen LogP contribution in [0.25, 0.3) is 0 Å². The molecule has 0 saturated heterocycles. The Kier molecular flexibility index (Phi) is 4.30. The summed E-state index contributed by atoms with van der Waals surface area (Å²) in [6.45, 7) is 1.42. The first-order valence-electron chi connectivity index (χ1n) is 6.73. The van der Waals surface area contributed by atoms with Crippen LogP contribution in [0.2, 0.25) is 0 Å². The SMILES string of the molecule is Cc1nc(C(F)(F)F)ccc1C(=O)NC1CCCCC1. The third kappa shape index (κ3) is 3.49. The van der Waals surface area contributed by atoms with Crippen molar-refractivity contribution in [2.45, 2.75) is 51.2 Å². The maximum Gasteiger partial charge on any atom is 0.433 e. The van der Waals surface area contributed by atoms with Crippen molar-refractivity contribution in [1.29, 1.82) is 0 Å². The number of carbonyl (C=O) groups excluding carboxylic acids is 1. The van der Waals surface area contributed by atoms with Crippen molar-refractivity contribution in [1.82, 2.24) is 10.3 Å². The number of aryl methyl sites for hydroxylation is 1. The molecule has 2 rings (SSSR count). The predicted molar refractivity (Wildman–Crippen MR) is 68.3 cm³/mol. The summed E-state index contributed by atoms with van der Waals surface area (Å²) >= 11 is 0. The number of rotatable bonds is 2. The number of nitrogens with one attached hydrogen (secondary N) is 1. The molecule has 20 heavy (non-hydrogen) atoms. The number of aromatic nitrogens is 1. The number of hydrogen-bond acceptors (Lipinski definition) is 2. The third-order valence-corrected chi connectivity index (χ3v) is 3.56. The summed E-state index contributed by atoms with van der Waals surface area (Å²) in [4.78, 5) is 15.5. The molecule has 0 atom stereocenters. The van der Waals surface area contributed by atoms with Crippen LogP contribution in [0, 0.1) is 6.92 Å². The van der Waals surface area contributed by atoms with E-state index in [1.54, 1.807) is 0 Å². The zero-order valence-corrected chi connectivity index (χ0v) is 11.3. The molecule has 3 nitrogen and oxygen atoms in total. The van der Waals surface area contributed by atoms with Gasteiger partial charge >= 0.3 is 6.18 Å². The van der Waals surface area contributed by atoms with Crippen molar-refractivity contribution in [2.75, 3.05) is 0 Å². The Morgan fingerprint density at radius 2 is 1.90 bits per heavy atom. The van der Waals surface area contributed by atoms with Gasteiger partial charge in [-0.2, -0.15) is 13.2 Å². The fraction of sp³-hybridized carbons (Fsp3) is 0.571. The summed E-state index contributed by atoms with van der Waals surface area (Å²) in [5.74, 6) is -0.337. The molecule has 0 aliphatic heterocycles. The van der Waals surface area contributed by atoms with Crippen molar-refractivity contribution in [3.05, 3.63) is 29.1 Å². The van der Waals surface area contributed by atoms with E-state index in [-0.39, 0.29) is 23.2 Å². The van der Waals surface area contributed by atoms with Gasteiger partial charge in [-0.15, -0.1) is 0 Å². The zero-order chi connectivity index (χ0) is 14.8. The van der Waals surface area contributed by atoms with E-state index < -0.39 is 11.9 Å². The third-order valence-electron chi connectivity index (χ3n) is 3.56. The lowest BCUT2D eigenvalue weighted by Crippen LogP contribution is -2.36. The molecular weight excluding hydrogens is 269 g/mol. The van der Waals surface area contributed by atoms with Crippen molar-refractivity contribution in [2.24, 2.45) is 0 Å². The fourth-order valence-electron chi connectivity index (χ4n) is 2.47. The van der Waals surface area contributed by atoms with Gasteiger partial charge in [0.1, 0.15) is 5.69 Å². The molecule has 1 N–H and O–H groups in total. The first-order valence-corrected chi connectivity index (χ1v) is 6.73. The number of alkyl halides is 3. The van der Waals surface area contributed by atoms with Gasteiger partial charge in [-0.25, -0.2) is 4.98 Å². The van der Waals surface area contributed by atoms with Crippen LogP contribution in [0.4, 0.5) is 13.2 Å². The molecular formula is C14H17F3N2O. The normalized spacial score (nSPS) is 17.0. The highest BCUT2D eigenvalue weighted by molar-refractivity contribution is 5.95. The Labute approximate surface area is 115 Å². The standard InChI is InChI=1S/C14H17F3N2O/c1-9-11(7-8-12(18-9)14(15,16)17)13(20)19-10-5-3-2-4-6-10/h7-8,10H,2-6H2,1H3,(H,19,20). The van der Waals surface area contributed by atoms with E-state index in [4.69, 9.17) is 0 Å². The summed E-state index contributed by atoms with van der Waals surface area (Å²) in [5.41, 5.74) is -0.652.